The third-order valence-corrected chi connectivity index (χ3v) is 2.02. The quantitative estimate of drug-likeness (QED) is 0.678. The zero-order chi connectivity index (χ0) is 10.4. The van der Waals surface area contributed by atoms with Gasteiger partial charge in [-0.25, -0.2) is 0 Å². The number of nitriles is 1. The van der Waals surface area contributed by atoms with E-state index in [1.807, 2.05) is 55.3 Å². The Balaban J connectivity index is 2.91. The Kier molecular flexibility index (Phi) is 3.75. The highest BCUT2D eigenvalue weighted by Gasteiger charge is 2.03. The molecule has 1 aromatic rings. The lowest BCUT2D eigenvalue weighted by Gasteiger charge is -2.17. The van der Waals surface area contributed by atoms with Crippen molar-refractivity contribution in [2.24, 2.45) is 0 Å². The molecule has 0 heterocycles. The largest absolute Gasteiger partial charge is 0.336 e. The highest BCUT2D eigenvalue weighted by molar-refractivity contribution is 5.54. The highest BCUT2D eigenvalue weighted by atomic mass is 15.1. The Labute approximate surface area is 85.1 Å². The number of nitrogens with zero attached hydrogens (tertiary/aromatic N) is 2. The second-order valence-corrected chi connectivity index (χ2v) is 3.00. The molecule has 0 saturated heterocycles. The maximum absolute atomic E-state index is 8.93. The van der Waals surface area contributed by atoms with Gasteiger partial charge in [-0.3, -0.25) is 0 Å². The molecule has 0 saturated carbocycles. The molecule has 0 aliphatic carbocycles. The van der Waals surface area contributed by atoms with E-state index in [2.05, 4.69) is 6.07 Å². The van der Waals surface area contributed by atoms with Gasteiger partial charge in [-0.2, -0.15) is 5.26 Å². The first-order valence-corrected chi connectivity index (χ1v) is 4.68. The highest BCUT2D eigenvalue weighted by Crippen LogP contribution is 2.16. The summed E-state index contributed by atoms with van der Waals surface area (Å²) in [7, 11) is 1.90. The maximum atomic E-state index is 8.93. The van der Waals surface area contributed by atoms with E-state index in [0.29, 0.717) is 5.70 Å². The molecule has 0 bridgehead atoms. The second-order valence-electron chi connectivity index (χ2n) is 3.00. The topological polar surface area (TPSA) is 27.0 Å². The summed E-state index contributed by atoms with van der Waals surface area (Å²) in [5.74, 6) is 0. The molecule has 1 aromatic carbocycles. The van der Waals surface area contributed by atoms with Gasteiger partial charge in [0, 0.05) is 12.7 Å². The third-order valence-electron chi connectivity index (χ3n) is 2.02. The second kappa shape index (κ2) is 5.08. The predicted octanol–water partition coefficient (Wildman–Crippen LogP) is 2.94. The van der Waals surface area contributed by atoms with E-state index in [9.17, 15) is 0 Å². The summed E-state index contributed by atoms with van der Waals surface area (Å²) in [6.45, 7) is 2.02. The van der Waals surface area contributed by atoms with Crippen molar-refractivity contribution in [3.8, 4) is 6.07 Å². The van der Waals surface area contributed by atoms with Crippen LogP contribution in [-0.2, 0) is 0 Å². The number of rotatable bonds is 3. The van der Waals surface area contributed by atoms with Gasteiger partial charge in [0.25, 0.3) is 0 Å². The lowest BCUT2D eigenvalue weighted by molar-refractivity contribution is 1.09. The van der Waals surface area contributed by atoms with E-state index in [1.54, 1.807) is 0 Å². The average molecular weight is 186 g/mol. The van der Waals surface area contributed by atoms with Gasteiger partial charge in [0.2, 0.25) is 0 Å². The van der Waals surface area contributed by atoms with Crippen molar-refractivity contribution in [2.75, 3.05) is 11.9 Å². The van der Waals surface area contributed by atoms with Crippen LogP contribution >= 0.6 is 0 Å². The molecule has 14 heavy (non-hydrogen) atoms. The van der Waals surface area contributed by atoms with Crippen LogP contribution < -0.4 is 4.90 Å². The average Bonchev–Trinajstić information content (AvgIpc) is 2.26. The summed E-state index contributed by atoms with van der Waals surface area (Å²) >= 11 is 0. The molecular formula is C12H14N2. The van der Waals surface area contributed by atoms with Gasteiger partial charge < -0.3 is 4.90 Å². The van der Waals surface area contributed by atoms with Crippen LogP contribution in [0, 0.1) is 11.3 Å². The number of para-hydroxylation sites is 1. The van der Waals surface area contributed by atoms with Crippen LogP contribution in [0.15, 0.2) is 42.1 Å². The maximum Gasteiger partial charge on any atom is 0.117 e. The lowest BCUT2D eigenvalue weighted by Crippen LogP contribution is -2.14. The molecule has 0 N–H and O–H groups in total. The van der Waals surface area contributed by atoms with Crippen molar-refractivity contribution in [3.05, 3.63) is 42.1 Å². The van der Waals surface area contributed by atoms with Crippen molar-refractivity contribution in [3.63, 3.8) is 0 Å². The van der Waals surface area contributed by atoms with Crippen LogP contribution in [0.5, 0.6) is 0 Å². The molecular weight excluding hydrogens is 172 g/mol. The molecule has 1 rings (SSSR count). The summed E-state index contributed by atoms with van der Waals surface area (Å²) in [5, 5.41) is 8.93. The van der Waals surface area contributed by atoms with E-state index in [-0.39, 0.29) is 0 Å². The number of allylic oxidation sites excluding steroid dienone is 2. The minimum absolute atomic E-state index is 0.693. The number of benzene rings is 1. The molecule has 0 radical (unpaired) electrons. The van der Waals surface area contributed by atoms with Gasteiger partial charge in [0.1, 0.15) is 11.8 Å². The zero-order valence-corrected chi connectivity index (χ0v) is 8.57. The molecule has 0 aliphatic rings. The van der Waals surface area contributed by atoms with Crippen LogP contribution in [0.25, 0.3) is 0 Å². The van der Waals surface area contributed by atoms with E-state index >= 15 is 0 Å². The molecule has 0 spiro atoms. The van der Waals surface area contributed by atoms with Crippen molar-refractivity contribution >= 4 is 5.69 Å². The van der Waals surface area contributed by atoms with Crippen LogP contribution in [0.4, 0.5) is 5.69 Å². The molecule has 0 fully saturated rings. The van der Waals surface area contributed by atoms with Crippen LogP contribution in [-0.4, -0.2) is 7.05 Å². The summed E-state index contributed by atoms with van der Waals surface area (Å²) in [4.78, 5) is 1.89. The fourth-order valence-corrected chi connectivity index (χ4v) is 1.24. The first kappa shape index (κ1) is 10.3. The van der Waals surface area contributed by atoms with E-state index in [1.165, 1.54) is 0 Å². The Morgan fingerprint density at radius 1 is 1.43 bits per heavy atom. The van der Waals surface area contributed by atoms with Crippen molar-refractivity contribution < 1.29 is 0 Å². The Morgan fingerprint density at radius 3 is 2.57 bits per heavy atom. The van der Waals surface area contributed by atoms with Crippen molar-refractivity contribution in [1.29, 1.82) is 5.26 Å². The van der Waals surface area contributed by atoms with Gasteiger partial charge in [0.05, 0.1) is 0 Å². The molecule has 2 nitrogen and oxygen atoms in total. The third kappa shape index (κ3) is 2.37. The SMILES string of the molecule is CC/C=C(/C#N)N(C)c1ccccc1. The first-order valence-electron chi connectivity index (χ1n) is 4.68. The van der Waals surface area contributed by atoms with Gasteiger partial charge in [-0.05, 0) is 18.6 Å². The minimum atomic E-state index is 0.693. The first-order chi connectivity index (χ1) is 6.79. The molecule has 0 amide bonds. The number of anilines is 1. The summed E-state index contributed by atoms with van der Waals surface area (Å²) < 4.78 is 0. The molecule has 72 valence electrons. The van der Waals surface area contributed by atoms with Gasteiger partial charge in [0.15, 0.2) is 0 Å². The van der Waals surface area contributed by atoms with Crippen LogP contribution in [0.1, 0.15) is 13.3 Å². The van der Waals surface area contributed by atoms with Gasteiger partial charge >= 0.3 is 0 Å². The van der Waals surface area contributed by atoms with Gasteiger partial charge in [-0.15, -0.1) is 0 Å². The molecule has 0 unspecified atom stereocenters. The summed E-state index contributed by atoms with van der Waals surface area (Å²) in [6, 6.07) is 12.1. The fourth-order valence-electron chi connectivity index (χ4n) is 1.24. The standard InChI is InChI=1S/C12H14N2/c1-3-7-12(10-13)14(2)11-8-5-4-6-9-11/h4-9H,3H2,1-2H3/b12-7-. The van der Waals surface area contributed by atoms with Crippen LogP contribution in [0.2, 0.25) is 0 Å². The number of hydrogen-bond donors (Lipinski definition) is 0. The summed E-state index contributed by atoms with van der Waals surface area (Å²) in [6.07, 6.45) is 2.80. The normalized spacial score (nSPS) is 10.8. The monoisotopic (exact) mass is 186 g/mol. The molecule has 0 atom stereocenters. The van der Waals surface area contributed by atoms with Gasteiger partial charge in [-0.1, -0.05) is 31.2 Å². The molecule has 2 heteroatoms. The smallest absolute Gasteiger partial charge is 0.117 e. The fraction of sp³-hybridized carbons (Fsp3) is 0.250. The molecule has 0 aliphatic heterocycles. The van der Waals surface area contributed by atoms with Crippen LogP contribution in [0.3, 0.4) is 0 Å². The number of hydrogen-bond acceptors (Lipinski definition) is 2. The van der Waals surface area contributed by atoms with E-state index in [4.69, 9.17) is 5.26 Å². The van der Waals surface area contributed by atoms with E-state index in [0.717, 1.165) is 12.1 Å². The Bertz CT molecular complexity index is 346. The minimum Gasteiger partial charge on any atom is -0.336 e. The zero-order valence-electron chi connectivity index (χ0n) is 8.57. The van der Waals surface area contributed by atoms with E-state index < -0.39 is 0 Å². The Morgan fingerprint density at radius 2 is 2.07 bits per heavy atom. The lowest BCUT2D eigenvalue weighted by atomic mass is 10.2. The van der Waals surface area contributed by atoms with Crippen molar-refractivity contribution in [2.45, 2.75) is 13.3 Å². The Hall–Kier alpha value is -1.75. The summed E-state index contributed by atoms with van der Waals surface area (Å²) in [5.41, 5.74) is 1.73. The molecule has 0 aromatic heterocycles. The predicted molar refractivity (Wildman–Crippen MR) is 58.8 cm³/mol. The van der Waals surface area contributed by atoms with Crippen molar-refractivity contribution in [1.82, 2.24) is 0 Å².